The highest BCUT2D eigenvalue weighted by Crippen LogP contribution is 2.38. The largest absolute Gasteiger partial charge is 0.425 e. The maximum atomic E-state index is 11.9. The lowest BCUT2D eigenvalue weighted by Gasteiger charge is -2.29. The molecule has 5 heteroatoms. The molecule has 1 aromatic rings. The van der Waals surface area contributed by atoms with Crippen molar-refractivity contribution in [3.63, 3.8) is 0 Å². The van der Waals surface area contributed by atoms with E-state index in [2.05, 4.69) is 5.32 Å². The molecule has 1 unspecified atom stereocenters. The van der Waals surface area contributed by atoms with Crippen molar-refractivity contribution in [1.82, 2.24) is 5.32 Å². The van der Waals surface area contributed by atoms with Crippen LogP contribution in [-0.4, -0.2) is 25.0 Å². The van der Waals surface area contributed by atoms with E-state index >= 15 is 0 Å². The van der Waals surface area contributed by atoms with Gasteiger partial charge < -0.3 is 15.8 Å². The number of hydrogen-bond donors (Lipinski definition) is 2. The topological polar surface area (TPSA) is 81.4 Å². The van der Waals surface area contributed by atoms with Crippen LogP contribution in [0.25, 0.3) is 0 Å². The van der Waals surface area contributed by atoms with Crippen LogP contribution in [0.5, 0.6) is 5.75 Å². The van der Waals surface area contributed by atoms with Crippen molar-refractivity contribution < 1.29 is 14.3 Å². The average molecular weight is 306 g/mol. The molecule has 0 aromatic heterocycles. The van der Waals surface area contributed by atoms with Crippen molar-refractivity contribution in [1.29, 1.82) is 0 Å². The van der Waals surface area contributed by atoms with E-state index in [4.69, 9.17) is 10.5 Å². The normalized spacial score (nSPS) is 12.7. The summed E-state index contributed by atoms with van der Waals surface area (Å²) in [5, 5.41) is 2.63. The van der Waals surface area contributed by atoms with Gasteiger partial charge in [-0.05, 0) is 38.0 Å². The van der Waals surface area contributed by atoms with Crippen LogP contribution in [-0.2, 0) is 15.0 Å². The molecule has 5 nitrogen and oxygen atoms in total. The van der Waals surface area contributed by atoms with E-state index in [0.29, 0.717) is 12.2 Å². The van der Waals surface area contributed by atoms with Crippen molar-refractivity contribution >= 4 is 11.9 Å². The first-order valence-electron chi connectivity index (χ1n) is 7.38. The number of carbonyl (C=O) groups is 2. The highest BCUT2D eigenvalue weighted by molar-refractivity contribution is 5.79. The maximum absolute atomic E-state index is 11.9. The Morgan fingerprint density at radius 1 is 1.32 bits per heavy atom. The Balaban J connectivity index is 3.33. The Bertz CT molecular complexity index is 578. The first-order chi connectivity index (χ1) is 10.1. The van der Waals surface area contributed by atoms with E-state index in [-0.39, 0.29) is 5.91 Å². The van der Waals surface area contributed by atoms with E-state index in [1.165, 1.54) is 0 Å². The van der Waals surface area contributed by atoms with Crippen LogP contribution in [0, 0.1) is 13.8 Å². The summed E-state index contributed by atoms with van der Waals surface area (Å²) in [4.78, 5) is 23.6. The number of amides is 1. The van der Waals surface area contributed by atoms with E-state index in [9.17, 15) is 9.59 Å². The molecule has 0 aliphatic rings. The van der Waals surface area contributed by atoms with Crippen molar-refractivity contribution in [2.24, 2.45) is 5.73 Å². The number of esters is 1. The molecule has 0 heterocycles. The summed E-state index contributed by atoms with van der Waals surface area (Å²) in [7, 11) is 1.61. The summed E-state index contributed by atoms with van der Waals surface area (Å²) in [6.45, 7) is 9.40. The van der Waals surface area contributed by atoms with Gasteiger partial charge >= 0.3 is 5.97 Å². The molecule has 22 heavy (non-hydrogen) atoms. The van der Waals surface area contributed by atoms with Gasteiger partial charge in [-0.15, -0.1) is 0 Å². The fourth-order valence-corrected chi connectivity index (χ4v) is 2.66. The third kappa shape index (κ3) is 4.31. The number of benzene rings is 1. The van der Waals surface area contributed by atoms with Crippen LogP contribution < -0.4 is 15.8 Å². The van der Waals surface area contributed by atoms with Gasteiger partial charge in [0.2, 0.25) is 5.91 Å². The Labute approximate surface area is 132 Å². The molecular formula is C17H26N2O3. The van der Waals surface area contributed by atoms with Gasteiger partial charge in [0.25, 0.3) is 0 Å². The second-order valence-electron chi connectivity index (χ2n) is 6.40. The number of aryl methyl sites for hydroxylation is 2. The lowest BCUT2D eigenvalue weighted by molar-refractivity contribution is -0.135. The van der Waals surface area contributed by atoms with Gasteiger partial charge in [-0.25, -0.2) is 4.79 Å². The van der Waals surface area contributed by atoms with E-state index in [1.807, 2.05) is 39.8 Å². The van der Waals surface area contributed by atoms with Crippen molar-refractivity contribution in [3.05, 3.63) is 28.8 Å². The number of ether oxygens (including phenoxy) is 1. The molecule has 1 atom stereocenters. The number of rotatable bonds is 5. The zero-order valence-electron chi connectivity index (χ0n) is 14.2. The van der Waals surface area contributed by atoms with Crippen molar-refractivity contribution in [2.45, 2.75) is 52.5 Å². The van der Waals surface area contributed by atoms with Crippen LogP contribution >= 0.6 is 0 Å². The van der Waals surface area contributed by atoms with Crippen LogP contribution in [0.3, 0.4) is 0 Å². The fraction of sp³-hybridized carbons (Fsp3) is 0.529. The minimum atomic E-state index is -0.698. The second kappa shape index (κ2) is 6.92. The van der Waals surface area contributed by atoms with Gasteiger partial charge in [0, 0.05) is 24.4 Å². The van der Waals surface area contributed by atoms with Crippen molar-refractivity contribution in [3.8, 4) is 5.75 Å². The Hall–Kier alpha value is -1.88. The molecule has 0 saturated carbocycles. The monoisotopic (exact) mass is 306 g/mol. The molecule has 0 aliphatic heterocycles. The Morgan fingerprint density at radius 3 is 2.41 bits per heavy atom. The van der Waals surface area contributed by atoms with Crippen LogP contribution in [0.15, 0.2) is 12.1 Å². The summed E-state index contributed by atoms with van der Waals surface area (Å²) in [6.07, 6.45) is 0.302. The standard InChI is InChI=1S/C17H26N2O3/c1-10-7-11(2)15(17(4,5)9-14(20)19-6)13(8-10)22-16(21)12(3)18/h7-8,12H,9,18H2,1-6H3,(H,19,20). The zero-order chi connectivity index (χ0) is 17.1. The van der Waals surface area contributed by atoms with Crippen molar-refractivity contribution in [2.75, 3.05) is 7.05 Å². The molecule has 0 bridgehead atoms. The maximum Gasteiger partial charge on any atom is 0.328 e. The van der Waals surface area contributed by atoms with Gasteiger partial charge in [-0.1, -0.05) is 19.9 Å². The van der Waals surface area contributed by atoms with Gasteiger partial charge in [-0.3, -0.25) is 4.79 Å². The number of nitrogens with one attached hydrogen (secondary N) is 1. The average Bonchev–Trinajstić information content (AvgIpc) is 2.36. The third-order valence-corrected chi connectivity index (χ3v) is 3.58. The summed E-state index contributed by atoms with van der Waals surface area (Å²) >= 11 is 0. The van der Waals surface area contributed by atoms with Gasteiger partial charge in [0.1, 0.15) is 11.8 Å². The summed E-state index contributed by atoms with van der Waals surface area (Å²) in [6, 6.07) is 3.13. The third-order valence-electron chi connectivity index (χ3n) is 3.58. The molecule has 1 aromatic carbocycles. The minimum Gasteiger partial charge on any atom is -0.425 e. The summed E-state index contributed by atoms with van der Waals surface area (Å²) in [5.74, 6) is -0.0647. The van der Waals surface area contributed by atoms with Crippen LogP contribution in [0.2, 0.25) is 0 Å². The highest BCUT2D eigenvalue weighted by atomic mass is 16.5. The highest BCUT2D eigenvalue weighted by Gasteiger charge is 2.30. The van der Waals surface area contributed by atoms with E-state index in [1.54, 1.807) is 14.0 Å². The Morgan fingerprint density at radius 2 is 1.91 bits per heavy atom. The predicted molar refractivity (Wildman–Crippen MR) is 86.9 cm³/mol. The van der Waals surface area contributed by atoms with Gasteiger partial charge in [-0.2, -0.15) is 0 Å². The summed E-state index contributed by atoms with van der Waals surface area (Å²) in [5.41, 5.74) is 7.95. The first kappa shape index (κ1) is 18.2. The first-order valence-corrected chi connectivity index (χ1v) is 7.38. The molecule has 0 spiro atoms. The fourth-order valence-electron chi connectivity index (χ4n) is 2.66. The number of carbonyl (C=O) groups excluding carboxylic acids is 2. The molecule has 122 valence electrons. The Kier molecular flexibility index (Phi) is 5.72. The number of nitrogens with two attached hydrogens (primary N) is 1. The summed E-state index contributed by atoms with van der Waals surface area (Å²) < 4.78 is 5.47. The van der Waals surface area contributed by atoms with Gasteiger partial charge in [0.05, 0.1) is 0 Å². The molecular weight excluding hydrogens is 280 g/mol. The molecule has 1 rings (SSSR count). The molecule has 0 aliphatic carbocycles. The molecule has 0 radical (unpaired) electrons. The lowest BCUT2D eigenvalue weighted by atomic mass is 9.78. The van der Waals surface area contributed by atoms with E-state index in [0.717, 1.165) is 16.7 Å². The second-order valence-corrected chi connectivity index (χ2v) is 6.40. The van der Waals surface area contributed by atoms with Crippen LogP contribution in [0.1, 0.15) is 43.9 Å². The SMILES string of the molecule is CNC(=O)CC(C)(C)c1c(C)cc(C)cc1OC(=O)C(C)N. The number of hydrogen-bond acceptors (Lipinski definition) is 4. The zero-order valence-corrected chi connectivity index (χ0v) is 14.2. The quantitative estimate of drug-likeness (QED) is 0.644. The van der Waals surface area contributed by atoms with Gasteiger partial charge in [0.15, 0.2) is 0 Å². The van der Waals surface area contributed by atoms with Crippen LogP contribution in [0.4, 0.5) is 0 Å². The lowest BCUT2D eigenvalue weighted by Crippen LogP contribution is -2.33. The molecule has 0 saturated heterocycles. The predicted octanol–water partition coefficient (Wildman–Crippen LogP) is 1.97. The molecule has 1 amide bonds. The molecule has 0 fully saturated rings. The smallest absolute Gasteiger partial charge is 0.328 e. The molecule has 3 N–H and O–H groups in total. The minimum absolute atomic E-state index is 0.0607. The van der Waals surface area contributed by atoms with E-state index < -0.39 is 17.4 Å².